The molecule has 8 heteroatoms. The van der Waals surface area contributed by atoms with Gasteiger partial charge in [0.2, 0.25) is 11.8 Å². The second-order valence-corrected chi connectivity index (χ2v) is 8.79. The first-order chi connectivity index (χ1) is 14.9. The number of fused-ring (bicyclic) bond motifs is 6. The number of nitriles is 1. The second-order valence-electron chi connectivity index (χ2n) is 8.54. The number of nitrogens with zero attached hydrogens (tertiary/aromatic N) is 2. The van der Waals surface area contributed by atoms with Crippen LogP contribution < -0.4 is 4.90 Å². The largest absolute Gasteiger partial charge is 0.390 e. The molecule has 3 saturated heterocycles. The number of aliphatic hydroxyl groups excluding tert-OH is 1. The molecule has 3 heterocycles. The van der Waals surface area contributed by atoms with Crippen molar-refractivity contribution in [3.63, 3.8) is 0 Å². The highest BCUT2D eigenvalue weighted by Gasteiger charge is 2.77. The number of aliphatic hydroxyl groups is 1. The first-order valence-electron chi connectivity index (χ1n) is 10.4. The maximum Gasteiger partial charge on any atom is 0.240 e. The Labute approximate surface area is 185 Å². The second kappa shape index (κ2) is 7.04. The topological polar surface area (TPSA) is 99.9 Å². The Bertz CT molecular complexity index is 1150. The summed E-state index contributed by atoms with van der Waals surface area (Å²) in [7, 11) is 0. The Kier molecular flexibility index (Phi) is 4.65. The fraction of sp³-hybridized carbons (Fsp3) is 0.435. The van der Waals surface area contributed by atoms with Crippen molar-refractivity contribution in [2.75, 3.05) is 11.5 Å². The minimum Gasteiger partial charge on any atom is -0.390 e. The first kappa shape index (κ1) is 20.5. The van der Waals surface area contributed by atoms with Crippen LogP contribution in [0.1, 0.15) is 31.7 Å². The Morgan fingerprint density at radius 2 is 1.94 bits per heavy atom. The van der Waals surface area contributed by atoms with Gasteiger partial charge >= 0.3 is 0 Å². The molecule has 2 amide bonds. The van der Waals surface area contributed by atoms with E-state index in [1.165, 1.54) is 4.90 Å². The standard InChI is InChI=1S/C23H22N2O5S/c1-2-23-17(26)11-22(30-23,9-10-29-31)18-19(23)21(28)25(20(18)27)16-8-7-13(12-24)14-5-3-4-6-15(14)16/h3-8,17-19,26,31H,2,9-11H2,1H3/t17-,18+,19-,22?,23?/m0/s1. The van der Waals surface area contributed by atoms with Crippen LogP contribution in [-0.4, -0.2) is 40.8 Å². The summed E-state index contributed by atoms with van der Waals surface area (Å²) < 4.78 is 11.3. The van der Waals surface area contributed by atoms with Crippen molar-refractivity contribution in [3.05, 3.63) is 42.0 Å². The number of anilines is 1. The predicted molar refractivity (Wildman–Crippen MR) is 115 cm³/mol. The zero-order valence-electron chi connectivity index (χ0n) is 16.9. The van der Waals surface area contributed by atoms with E-state index in [1.807, 2.05) is 19.1 Å². The van der Waals surface area contributed by atoms with Gasteiger partial charge in [-0.3, -0.25) is 9.59 Å². The van der Waals surface area contributed by atoms with Gasteiger partial charge in [-0.15, -0.1) is 0 Å². The summed E-state index contributed by atoms with van der Waals surface area (Å²) in [6, 6.07) is 12.7. The Morgan fingerprint density at radius 3 is 2.61 bits per heavy atom. The highest BCUT2D eigenvalue weighted by atomic mass is 32.1. The van der Waals surface area contributed by atoms with Crippen LogP contribution in [0.2, 0.25) is 0 Å². The van der Waals surface area contributed by atoms with E-state index in [9.17, 15) is 20.0 Å². The molecule has 3 aliphatic rings. The molecule has 31 heavy (non-hydrogen) atoms. The van der Waals surface area contributed by atoms with Gasteiger partial charge in [0.05, 0.1) is 47.5 Å². The smallest absolute Gasteiger partial charge is 0.240 e. The maximum atomic E-state index is 13.7. The highest BCUT2D eigenvalue weighted by molar-refractivity contribution is 7.75. The zero-order valence-corrected chi connectivity index (χ0v) is 17.8. The number of thiol groups is 1. The van der Waals surface area contributed by atoms with Crippen molar-refractivity contribution in [1.82, 2.24) is 0 Å². The lowest BCUT2D eigenvalue weighted by atomic mass is 9.64. The minimum absolute atomic E-state index is 0.236. The van der Waals surface area contributed by atoms with Crippen molar-refractivity contribution in [3.8, 4) is 6.07 Å². The molecular formula is C23H22N2O5S. The number of amides is 2. The van der Waals surface area contributed by atoms with E-state index in [4.69, 9.17) is 8.92 Å². The molecule has 160 valence electrons. The number of benzene rings is 2. The first-order valence-corrected chi connectivity index (χ1v) is 10.7. The number of ether oxygens (including phenoxy) is 1. The molecule has 0 saturated carbocycles. The summed E-state index contributed by atoms with van der Waals surface area (Å²) in [5.41, 5.74) is -1.12. The average Bonchev–Trinajstić information content (AvgIpc) is 3.35. The lowest BCUT2D eigenvalue weighted by Crippen LogP contribution is -2.51. The van der Waals surface area contributed by atoms with Crippen molar-refractivity contribution in [2.24, 2.45) is 11.8 Å². The highest BCUT2D eigenvalue weighted by Crippen LogP contribution is 2.63. The molecule has 1 N–H and O–H groups in total. The molecule has 2 aromatic carbocycles. The molecule has 7 nitrogen and oxygen atoms in total. The van der Waals surface area contributed by atoms with E-state index >= 15 is 0 Å². The monoisotopic (exact) mass is 438 g/mol. The third-order valence-electron chi connectivity index (χ3n) is 7.33. The molecule has 3 fully saturated rings. The summed E-state index contributed by atoms with van der Waals surface area (Å²) >= 11 is 3.81. The van der Waals surface area contributed by atoms with Crippen molar-refractivity contribution in [2.45, 2.75) is 43.5 Å². The van der Waals surface area contributed by atoms with Crippen molar-refractivity contribution < 1.29 is 23.6 Å². The van der Waals surface area contributed by atoms with Gasteiger partial charge in [0.1, 0.15) is 5.60 Å². The molecule has 5 atom stereocenters. The Hall–Kier alpha value is -2.44. The lowest BCUT2D eigenvalue weighted by Gasteiger charge is -2.34. The average molecular weight is 439 g/mol. The number of imide groups is 1. The van der Waals surface area contributed by atoms with Crippen LogP contribution in [0.5, 0.6) is 0 Å². The zero-order chi connectivity index (χ0) is 22.0. The Morgan fingerprint density at radius 1 is 1.23 bits per heavy atom. The summed E-state index contributed by atoms with van der Waals surface area (Å²) in [6.45, 7) is 2.11. The number of carbonyl (C=O) groups is 2. The quantitative estimate of drug-likeness (QED) is 0.423. The molecule has 2 aromatic rings. The number of hydrogen-bond acceptors (Lipinski definition) is 7. The van der Waals surface area contributed by atoms with Gasteiger partial charge in [-0.2, -0.15) is 5.26 Å². The van der Waals surface area contributed by atoms with E-state index in [0.29, 0.717) is 34.9 Å². The lowest BCUT2D eigenvalue weighted by molar-refractivity contribution is -0.137. The van der Waals surface area contributed by atoms with Gasteiger partial charge < -0.3 is 14.0 Å². The molecular weight excluding hydrogens is 416 g/mol. The molecule has 0 aromatic heterocycles. The van der Waals surface area contributed by atoms with E-state index in [-0.39, 0.29) is 24.8 Å². The number of hydrogen-bond donors (Lipinski definition) is 2. The van der Waals surface area contributed by atoms with Gasteiger partial charge in [-0.25, -0.2) is 4.90 Å². The van der Waals surface area contributed by atoms with Crippen LogP contribution in [0, 0.1) is 23.2 Å². The van der Waals surface area contributed by atoms with Crippen LogP contribution in [-0.2, 0) is 18.5 Å². The van der Waals surface area contributed by atoms with E-state index < -0.39 is 29.1 Å². The number of rotatable bonds is 5. The van der Waals surface area contributed by atoms with Crippen LogP contribution in [0.4, 0.5) is 5.69 Å². The van der Waals surface area contributed by atoms with Crippen LogP contribution in [0.15, 0.2) is 36.4 Å². The summed E-state index contributed by atoms with van der Waals surface area (Å²) in [5, 5.41) is 21.7. The molecule has 3 aliphatic heterocycles. The SMILES string of the molecule is CCC12OC(CCOS)(C[C@@H]1O)[C@H]1C(=O)N(c3ccc(C#N)c4ccccc34)C(=O)[C@H]12. The molecule has 0 radical (unpaired) electrons. The molecule has 2 unspecified atom stereocenters. The van der Waals surface area contributed by atoms with Gasteiger partial charge in [0.15, 0.2) is 0 Å². The minimum atomic E-state index is -1.09. The molecule has 2 bridgehead atoms. The van der Waals surface area contributed by atoms with E-state index in [2.05, 4.69) is 19.0 Å². The summed E-state index contributed by atoms with van der Waals surface area (Å²) in [6.07, 6.45) is 0.213. The molecule has 0 aliphatic carbocycles. The van der Waals surface area contributed by atoms with Gasteiger partial charge in [-0.1, -0.05) is 31.2 Å². The summed E-state index contributed by atoms with van der Waals surface area (Å²) in [5.74, 6) is -2.14. The third kappa shape index (κ3) is 2.52. The third-order valence-corrected chi connectivity index (χ3v) is 7.51. The van der Waals surface area contributed by atoms with Crippen LogP contribution in [0.25, 0.3) is 10.8 Å². The normalized spacial score (nSPS) is 33.9. The van der Waals surface area contributed by atoms with Crippen molar-refractivity contribution in [1.29, 1.82) is 5.26 Å². The van der Waals surface area contributed by atoms with E-state index in [0.717, 1.165) is 0 Å². The molecule has 0 spiro atoms. The van der Waals surface area contributed by atoms with Crippen molar-refractivity contribution >= 4 is 41.2 Å². The van der Waals surface area contributed by atoms with Gasteiger partial charge in [-0.05, 0) is 31.5 Å². The van der Waals surface area contributed by atoms with Gasteiger partial charge in [0.25, 0.3) is 0 Å². The molecule has 5 rings (SSSR count). The summed E-state index contributed by atoms with van der Waals surface area (Å²) in [4.78, 5) is 28.7. The Balaban J connectivity index is 1.66. The fourth-order valence-electron chi connectivity index (χ4n) is 6.01. The predicted octanol–water partition coefficient (Wildman–Crippen LogP) is 2.75. The number of carbonyl (C=O) groups excluding carboxylic acids is 2. The van der Waals surface area contributed by atoms with E-state index in [1.54, 1.807) is 24.3 Å². The van der Waals surface area contributed by atoms with Crippen LogP contribution >= 0.6 is 12.9 Å². The maximum absolute atomic E-state index is 13.7. The fourth-order valence-corrected chi connectivity index (χ4v) is 6.10. The van der Waals surface area contributed by atoms with Gasteiger partial charge in [0, 0.05) is 23.6 Å². The van der Waals surface area contributed by atoms with Crippen LogP contribution in [0.3, 0.4) is 0 Å².